The second kappa shape index (κ2) is 7.83. The summed E-state index contributed by atoms with van der Waals surface area (Å²) in [4.78, 5) is 2.24. The summed E-state index contributed by atoms with van der Waals surface area (Å²) in [6.45, 7) is 3.51. The number of likely N-dealkylation sites (tertiary alicyclic amines) is 1. The standard InChI is InChI=1S/C17H22F2N4O/c18-14-4-3-5-15(19)16(14)17-12(9-21-22-17)8-20-10-13(24)11-23-6-1-2-7-23/h3-5,9,13,20,24H,1-2,6-8,10-11H2,(H,21,22). The summed E-state index contributed by atoms with van der Waals surface area (Å²) in [6.07, 6.45) is 3.45. The summed E-state index contributed by atoms with van der Waals surface area (Å²) in [7, 11) is 0. The second-order valence-corrected chi connectivity index (χ2v) is 6.16. The van der Waals surface area contributed by atoms with E-state index >= 15 is 0 Å². The molecule has 130 valence electrons. The highest BCUT2D eigenvalue weighted by atomic mass is 19.1. The number of aromatic nitrogens is 2. The molecule has 0 saturated carbocycles. The van der Waals surface area contributed by atoms with Gasteiger partial charge in [0.25, 0.3) is 0 Å². The number of benzene rings is 1. The van der Waals surface area contributed by atoms with Crippen molar-refractivity contribution >= 4 is 0 Å². The minimum absolute atomic E-state index is 0.107. The second-order valence-electron chi connectivity index (χ2n) is 6.16. The van der Waals surface area contributed by atoms with Gasteiger partial charge >= 0.3 is 0 Å². The molecule has 0 spiro atoms. The van der Waals surface area contributed by atoms with E-state index in [-0.39, 0.29) is 5.56 Å². The molecule has 3 N–H and O–H groups in total. The van der Waals surface area contributed by atoms with E-state index < -0.39 is 17.7 Å². The van der Waals surface area contributed by atoms with Crippen LogP contribution >= 0.6 is 0 Å². The maximum absolute atomic E-state index is 13.9. The normalized spacial score (nSPS) is 16.6. The zero-order chi connectivity index (χ0) is 16.9. The first kappa shape index (κ1) is 17.0. The number of nitrogens with one attached hydrogen (secondary N) is 2. The van der Waals surface area contributed by atoms with Gasteiger partial charge in [-0.15, -0.1) is 0 Å². The average Bonchev–Trinajstić information content (AvgIpc) is 3.19. The first-order valence-corrected chi connectivity index (χ1v) is 8.23. The molecule has 2 heterocycles. The van der Waals surface area contributed by atoms with Crippen molar-refractivity contribution in [3.05, 3.63) is 41.6 Å². The molecule has 0 amide bonds. The van der Waals surface area contributed by atoms with Crippen LogP contribution in [0.25, 0.3) is 11.3 Å². The molecule has 24 heavy (non-hydrogen) atoms. The number of nitrogens with zero attached hydrogens (tertiary/aromatic N) is 2. The van der Waals surface area contributed by atoms with Crippen molar-refractivity contribution in [1.29, 1.82) is 0 Å². The Morgan fingerprint density at radius 3 is 2.67 bits per heavy atom. The Morgan fingerprint density at radius 2 is 1.96 bits per heavy atom. The van der Waals surface area contributed by atoms with Crippen LogP contribution in [0.15, 0.2) is 24.4 Å². The number of aliphatic hydroxyl groups is 1. The quantitative estimate of drug-likeness (QED) is 0.723. The Balaban J connectivity index is 1.58. The lowest BCUT2D eigenvalue weighted by atomic mass is 10.1. The number of β-amino-alcohol motifs (C(OH)–C–C–N with tert-alkyl or cyclic N) is 1. The molecular weight excluding hydrogens is 314 g/mol. The van der Waals surface area contributed by atoms with E-state index in [0.29, 0.717) is 30.9 Å². The van der Waals surface area contributed by atoms with Gasteiger partial charge in [-0.25, -0.2) is 8.78 Å². The Bertz CT molecular complexity index is 650. The fourth-order valence-corrected chi connectivity index (χ4v) is 3.10. The summed E-state index contributed by atoms with van der Waals surface area (Å²) in [5.41, 5.74) is 0.879. The van der Waals surface area contributed by atoms with Gasteiger partial charge < -0.3 is 15.3 Å². The van der Waals surface area contributed by atoms with Crippen molar-refractivity contribution in [2.45, 2.75) is 25.5 Å². The highest BCUT2D eigenvalue weighted by Gasteiger charge is 2.18. The third kappa shape index (κ3) is 3.98. The fraction of sp³-hybridized carbons (Fsp3) is 0.471. The van der Waals surface area contributed by atoms with E-state index in [0.717, 1.165) is 13.1 Å². The third-order valence-corrected chi connectivity index (χ3v) is 4.29. The molecule has 7 heteroatoms. The Kier molecular flexibility index (Phi) is 5.55. The van der Waals surface area contributed by atoms with Crippen LogP contribution in [0.5, 0.6) is 0 Å². The number of H-pyrrole nitrogens is 1. The first-order valence-electron chi connectivity index (χ1n) is 8.23. The molecule has 1 unspecified atom stereocenters. The number of aliphatic hydroxyl groups excluding tert-OH is 1. The highest BCUT2D eigenvalue weighted by molar-refractivity contribution is 5.64. The van der Waals surface area contributed by atoms with Crippen molar-refractivity contribution in [2.24, 2.45) is 0 Å². The van der Waals surface area contributed by atoms with Crippen LogP contribution in [0.1, 0.15) is 18.4 Å². The van der Waals surface area contributed by atoms with Gasteiger partial charge in [0.2, 0.25) is 0 Å². The molecule has 2 aromatic rings. The van der Waals surface area contributed by atoms with Gasteiger partial charge in [-0.05, 0) is 38.1 Å². The molecule has 3 rings (SSSR count). The maximum atomic E-state index is 13.9. The molecule has 0 aliphatic carbocycles. The van der Waals surface area contributed by atoms with Gasteiger partial charge in [-0.2, -0.15) is 5.10 Å². The first-order chi connectivity index (χ1) is 11.6. The third-order valence-electron chi connectivity index (χ3n) is 4.29. The number of hydrogen-bond donors (Lipinski definition) is 3. The van der Waals surface area contributed by atoms with Crippen molar-refractivity contribution in [3.63, 3.8) is 0 Å². The lowest BCUT2D eigenvalue weighted by Gasteiger charge is -2.19. The van der Waals surface area contributed by atoms with Crippen LogP contribution in [-0.4, -0.2) is 52.5 Å². The number of rotatable bonds is 7. The van der Waals surface area contributed by atoms with Gasteiger partial charge in [-0.3, -0.25) is 5.10 Å². The van der Waals surface area contributed by atoms with Gasteiger partial charge in [0.05, 0.1) is 23.6 Å². The molecule has 0 bridgehead atoms. The zero-order valence-corrected chi connectivity index (χ0v) is 13.4. The largest absolute Gasteiger partial charge is 0.390 e. The average molecular weight is 336 g/mol. The van der Waals surface area contributed by atoms with Crippen molar-refractivity contribution in [3.8, 4) is 11.3 Å². The lowest BCUT2D eigenvalue weighted by molar-refractivity contribution is 0.123. The Hall–Kier alpha value is -1.83. The smallest absolute Gasteiger partial charge is 0.135 e. The van der Waals surface area contributed by atoms with Gasteiger partial charge in [0.15, 0.2) is 0 Å². The van der Waals surface area contributed by atoms with E-state index in [9.17, 15) is 13.9 Å². The summed E-state index contributed by atoms with van der Waals surface area (Å²) in [6, 6.07) is 3.77. The number of halogens is 2. The molecule has 5 nitrogen and oxygen atoms in total. The van der Waals surface area contributed by atoms with E-state index in [1.165, 1.54) is 31.0 Å². The zero-order valence-electron chi connectivity index (χ0n) is 13.4. The summed E-state index contributed by atoms with van der Waals surface area (Å²) >= 11 is 0. The maximum Gasteiger partial charge on any atom is 0.135 e. The van der Waals surface area contributed by atoms with Crippen LogP contribution in [0.4, 0.5) is 8.78 Å². The molecule has 1 saturated heterocycles. The Morgan fingerprint density at radius 1 is 1.25 bits per heavy atom. The van der Waals surface area contributed by atoms with Crippen molar-refractivity contribution < 1.29 is 13.9 Å². The molecule has 1 aromatic heterocycles. The van der Waals surface area contributed by atoms with Crippen molar-refractivity contribution in [2.75, 3.05) is 26.2 Å². The Labute approximate surface area is 139 Å². The molecule has 1 atom stereocenters. The topological polar surface area (TPSA) is 64.2 Å². The van der Waals surface area contributed by atoms with Crippen LogP contribution in [0.3, 0.4) is 0 Å². The predicted octanol–water partition coefficient (Wildman–Crippen LogP) is 1.90. The van der Waals surface area contributed by atoms with E-state index in [2.05, 4.69) is 20.4 Å². The number of hydrogen-bond acceptors (Lipinski definition) is 4. The van der Waals surface area contributed by atoms with Crippen LogP contribution in [0.2, 0.25) is 0 Å². The molecular formula is C17H22F2N4O. The van der Waals surface area contributed by atoms with E-state index in [1.54, 1.807) is 6.20 Å². The highest BCUT2D eigenvalue weighted by Crippen LogP contribution is 2.26. The van der Waals surface area contributed by atoms with Crippen LogP contribution in [0, 0.1) is 11.6 Å². The summed E-state index contributed by atoms with van der Waals surface area (Å²) in [5, 5.41) is 19.7. The summed E-state index contributed by atoms with van der Waals surface area (Å²) < 4.78 is 27.8. The SMILES string of the molecule is OC(CNCc1cn[nH]c1-c1c(F)cccc1F)CN1CCCC1. The summed E-state index contributed by atoms with van der Waals surface area (Å²) in [5.74, 6) is -1.26. The van der Waals surface area contributed by atoms with E-state index in [1.807, 2.05) is 0 Å². The molecule has 1 fully saturated rings. The minimum Gasteiger partial charge on any atom is -0.390 e. The molecule has 1 aliphatic rings. The lowest BCUT2D eigenvalue weighted by Crippen LogP contribution is -2.36. The van der Waals surface area contributed by atoms with Crippen molar-refractivity contribution in [1.82, 2.24) is 20.4 Å². The minimum atomic E-state index is -0.630. The molecule has 1 aromatic carbocycles. The van der Waals surface area contributed by atoms with Crippen LogP contribution in [-0.2, 0) is 6.54 Å². The number of aromatic amines is 1. The molecule has 0 radical (unpaired) electrons. The van der Waals surface area contributed by atoms with E-state index in [4.69, 9.17) is 0 Å². The predicted molar refractivity (Wildman–Crippen MR) is 87.3 cm³/mol. The van der Waals surface area contributed by atoms with Gasteiger partial charge in [-0.1, -0.05) is 6.07 Å². The van der Waals surface area contributed by atoms with Gasteiger partial charge in [0.1, 0.15) is 11.6 Å². The van der Waals surface area contributed by atoms with Gasteiger partial charge in [0, 0.05) is 25.2 Å². The molecule has 1 aliphatic heterocycles. The fourth-order valence-electron chi connectivity index (χ4n) is 3.10. The monoisotopic (exact) mass is 336 g/mol. The van der Waals surface area contributed by atoms with Crippen LogP contribution < -0.4 is 5.32 Å².